The highest BCUT2D eigenvalue weighted by Gasteiger charge is 2.40. The van der Waals surface area contributed by atoms with E-state index in [0.717, 1.165) is 4.40 Å². The number of carbonyl (C=O) groups is 1. The Balaban J connectivity index is 1.88. The van der Waals surface area contributed by atoms with Crippen LogP contribution in [-0.4, -0.2) is 40.3 Å². The Morgan fingerprint density at radius 2 is 2.16 bits per heavy atom. The van der Waals surface area contributed by atoms with Crippen molar-refractivity contribution in [3.63, 3.8) is 0 Å². The molecule has 3 rings (SSSR count). The van der Waals surface area contributed by atoms with Gasteiger partial charge in [0.1, 0.15) is 17.4 Å². The van der Waals surface area contributed by atoms with Gasteiger partial charge in [0.15, 0.2) is 11.5 Å². The van der Waals surface area contributed by atoms with Crippen molar-refractivity contribution < 1.29 is 27.4 Å². The lowest BCUT2D eigenvalue weighted by molar-refractivity contribution is -0.141. The number of halogens is 3. The lowest BCUT2D eigenvalue weighted by Gasteiger charge is -2.17. The first kappa shape index (κ1) is 17.7. The van der Waals surface area contributed by atoms with Crippen LogP contribution in [-0.2, 0) is 15.7 Å². The molecule has 2 aromatic heterocycles. The van der Waals surface area contributed by atoms with Crippen LogP contribution >= 0.6 is 0 Å². The molecule has 0 aliphatic carbocycles. The lowest BCUT2D eigenvalue weighted by atomic mass is 10.2. The molecule has 2 aromatic rings. The maximum Gasteiger partial charge on any atom is 0.435 e. The third-order valence-corrected chi connectivity index (χ3v) is 3.81. The standard InChI is InChI=1S/C16H18F3N3O3/c1-9-4-5-11-21-13(16(17,18)19)12(22(11)7-9)14(23)20-6-10-8-24-15(2,3)25-10/h4-5,7,10H,6,8H2,1-3H3,(H,20,23). The maximum atomic E-state index is 13.3. The molecule has 136 valence electrons. The number of alkyl halides is 3. The first-order chi connectivity index (χ1) is 11.6. The molecular formula is C16H18F3N3O3. The minimum atomic E-state index is -4.73. The van der Waals surface area contributed by atoms with Gasteiger partial charge in [0, 0.05) is 12.7 Å². The average molecular weight is 357 g/mol. The molecule has 1 unspecified atom stereocenters. The molecule has 0 bridgehead atoms. The Morgan fingerprint density at radius 1 is 1.44 bits per heavy atom. The zero-order valence-corrected chi connectivity index (χ0v) is 14.0. The first-order valence-corrected chi connectivity index (χ1v) is 7.73. The maximum absolute atomic E-state index is 13.3. The number of amides is 1. The normalized spacial score (nSPS) is 20.2. The average Bonchev–Trinajstić information content (AvgIpc) is 3.04. The fraction of sp³-hybridized carbons (Fsp3) is 0.500. The molecule has 0 saturated carbocycles. The highest BCUT2D eigenvalue weighted by atomic mass is 19.4. The van der Waals surface area contributed by atoms with E-state index >= 15 is 0 Å². The van der Waals surface area contributed by atoms with Crippen molar-refractivity contribution in [3.8, 4) is 0 Å². The molecule has 0 radical (unpaired) electrons. The van der Waals surface area contributed by atoms with Gasteiger partial charge in [-0.15, -0.1) is 0 Å². The highest BCUT2D eigenvalue weighted by molar-refractivity contribution is 5.95. The van der Waals surface area contributed by atoms with Crippen molar-refractivity contribution in [2.45, 2.75) is 38.8 Å². The van der Waals surface area contributed by atoms with Crippen molar-refractivity contribution in [2.24, 2.45) is 0 Å². The van der Waals surface area contributed by atoms with Gasteiger partial charge >= 0.3 is 6.18 Å². The molecule has 1 aliphatic rings. The van der Waals surface area contributed by atoms with Crippen LogP contribution in [0.15, 0.2) is 18.3 Å². The van der Waals surface area contributed by atoms with E-state index in [1.807, 2.05) is 0 Å². The monoisotopic (exact) mass is 357 g/mol. The molecule has 1 fully saturated rings. The van der Waals surface area contributed by atoms with Gasteiger partial charge in [0.05, 0.1) is 6.61 Å². The van der Waals surface area contributed by atoms with E-state index in [4.69, 9.17) is 9.47 Å². The SMILES string of the molecule is Cc1ccc2nc(C(F)(F)F)c(C(=O)NCC3COC(C)(C)O3)n2c1. The fourth-order valence-corrected chi connectivity index (χ4v) is 2.72. The van der Waals surface area contributed by atoms with Gasteiger partial charge in [-0.2, -0.15) is 13.2 Å². The van der Waals surface area contributed by atoms with Crippen LogP contribution in [0.3, 0.4) is 0 Å². The summed E-state index contributed by atoms with van der Waals surface area (Å²) in [6.07, 6.45) is -3.71. The predicted molar refractivity (Wildman–Crippen MR) is 82.2 cm³/mol. The number of ether oxygens (including phenoxy) is 2. The largest absolute Gasteiger partial charge is 0.435 e. The summed E-state index contributed by atoms with van der Waals surface area (Å²) in [5.74, 6) is -1.63. The molecule has 1 amide bonds. The number of rotatable bonds is 3. The smallest absolute Gasteiger partial charge is 0.348 e. The van der Waals surface area contributed by atoms with Crippen LogP contribution < -0.4 is 5.32 Å². The Bertz CT molecular complexity index is 814. The van der Waals surface area contributed by atoms with Gasteiger partial charge < -0.3 is 14.8 Å². The first-order valence-electron chi connectivity index (χ1n) is 7.73. The third-order valence-electron chi connectivity index (χ3n) is 3.81. The van der Waals surface area contributed by atoms with Crippen molar-refractivity contribution in [1.82, 2.24) is 14.7 Å². The number of aromatic nitrogens is 2. The molecule has 1 N–H and O–H groups in total. The van der Waals surface area contributed by atoms with Crippen molar-refractivity contribution in [3.05, 3.63) is 35.3 Å². The fourth-order valence-electron chi connectivity index (χ4n) is 2.72. The topological polar surface area (TPSA) is 64.9 Å². The number of aryl methyl sites for hydroxylation is 1. The zero-order valence-electron chi connectivity index (χ0n) is 14.0. The molecule has 0 spiro atoms. The van der Waals surface area contributed by atoms with Gasteiger partial charge in [0.2, 0.25) is 0 Å². The number of imidazole rings is 1. The molecule has 3 heterocycles. The molecule has 25 heavy (non-hydrogen) atoms. The lowest BCUT2D eigenvalue weighted by Crippen LogP contribution is -2.35. The van der Waals surface area contributed by atoms with Gasteiger partial charge in [-0.05, 0) is 32.4 Å². The molecule has 1 aliphatic heterocycles. The molecule has 0 aromatic carbocycles. The summed E-state index contributed by atoms with van der Waals surface area (Å²) in [6.45, 7) is 5.47. The van der Waals surface area contributed by atoms with Crippen LogP contribution in [0.25, 0.3) is 5.65 Å². The Morgan fingerprint density at radius 3 is 2.76 bits per heavy atom. The quantitative estimate of drug-likeness (QED) is 0.917. The van der Waals surface area contributed by atoms with Gasteiger partial charge in [-0.3, -0.25) is 9.20 Å². The second kappa shape index (κ2) is 5.99. The van der Waals surface area contributed by atoms with Crippen molar-refractivity contribution in [2.75, 3.05) is 13.2 Å². The Labute approximate surface area is 141 Å². The number of nitrogens with one attached hydrogen (secondary N) is 1. The minimum Gasteiger partial charge on any atom is -0.348 e. The van der Waals surface area contributed by atoms with E-state index in [-0.39, 0.29) is 18.8 Å². The van der Waals surface area contributed by atoms with Crippen LogP contribution in [0.1, 0.15) is 35.6 Å². The summed E-state index contributed by atoms with van der Waals surface area (Å²) in [5.41, 5.74) is -0.976. The number of hydrogen-bond donors (Lipinski definition) is 1. The van der Waals surface area contributed by atoms with E-state index in [1.54, 1.807) is 26.8 Å². The summed E-state index contributed by atoms with van der Waals surface area (Å²) in [4.78, 5) is 16.0. The van der Waals surface area contributed by atoms with Crippen LogP contribution in [0.4, 0.5) is 13.2 Å². The van der Waals surface area contributed by atoms with E-state index in [9.17, 15) is 18.0 Å². The summed E-state index contributed by atoms with van der Waals surface area (Å²) in [5, 5.41) is 2.48. The number of pyridine rings is 1. The van der Waals surface area contributed by atoms with Crippen LogP contribution in [0.2, 0.25) is 0 Å². The van der Waals surface area contributed by atoms with E-state index in [0.29, 0.717) is 5.56 Å². The summed E-state index contributed by atoms with van der Waals surface area (Å²) in [7, 11) is 0. The molecular weight excluding hydrogens is 339 g/mol. The van der Waals surface area contributed by atoms with Crippen LogP contribution in [0, 0.1) is 6.92 Å². The highest BCUT2D eigenvalue weighted by Crippen LogP contribution is 2.32. The Hall–Kier alpha value is -2.13. The van der Waals surface area contributed by atoms with Crippen molar-refractivity contribution in [1.29, 1.82) is 0 Å². The minimum absolute atomic E-state index is 0.0403. The van der Waals surface area contributed by atoms with E-state index < -0.39 is 35.4 Å². The Kier molecular flexibility index (Phi) is 4.24. The van der Waals surface area contributed by atoms with E-state index in [1.165, 1.54) is 12.3 Å². The van der Waals surface area contributed by atoms with Crippen LogP contribution in [0.5, 0.6) is 0 Å². The molecule has 9 heteroatoms. The third kappa shape index (κ3) is 3.62. The number of hydrogen-bond acceptors (Lipinski definition) is 4. The number of nitrogens with zero attached hydrogens (tertiary/aromatic N) is 2. The molecule has 1 atom stereocenters. The zero-order chi connectivity index (χ0) is 18.4. The van der Waals surface area contributed by atoms with E-state index in [2.05, 4.69) is 10.3 Å². The number of carbonyl (C=O) groups excluding carboxylic acids is 1. The van der Waals surface area contributed by atoms with Gasteiger partial charge in [-0.1, -0.05) is 6.07 Å². The van der Waals surface area contributed by atoms with Gasteiger partial charge in [0.25, 0.3) is 5.91 Å². The summed E-state index contributed by atoms with van der Waals surface area (Å²) < 4.78 is 51.9. The summed E-state index contributed by atoms with van der Waals surface area (Å²) in [6, 6.07) is 3.08. The van der Waals surface area contributed by atoms with Gasteiger partial charge in [-0.25, -0.2) is 4.98 Å². The molecule has 1 saturated heterocycles. The number of fused-ring (bicyclic) bond motifs is 1. The second-order valence-electron chi connectivity index (χ2n) is 6.40. The second-order valence-corrected chi connectivity index (χ2v) is 6.40. The van der Waals surface area contributed by atoms with Crippen molar-refractivity contribution >= 4 is 11.6 Å². The summed E-state index contributed by atoms with van der Waals surface area (Å²) >= 11 is 0. The predicted octanol–water partition coefficient (Wildman–Crippen LogP) is 2.54. The molecule has 6 nitrogen and oxygen atoms in total.